The van der Waals surface area contributed by atoms with Gasteiger partial charge in [-0.2, -0.15) is 0 Å². The van der Waals surface area contributed by atoms with E-state index in [9.17, 15) is 9.90 Å². The summed E-state index contributed by atoms with van der Waals surface area (Å²) in [6, 6.07) is 6.59. The zero-order chi connectivity index (χ0) is 15.4. The Morgan fingerprint density at radius 2 is 2.19 bits per heavy atom. The predicted molar refractivity (Wildman–Crippen MR) is 85.6 cm³/mol. The van der Waals surface area contributed by atoms with E-state index in [-0.39, 0.29) is 12.5 Å². The summed E-state index contributed by atoms with van der Waals surface area (Å²) in [6.07, 6.45) is 3.52. The molecule has 0 saturated carbocycles. The Labute approximate surface area is 128 Å². The van der Waals surface area contributed by atoms with Crippen molar-refractivity contribution in [3.63, 3.8) is 0 Å². The lowest BCUT2D eigenvalue weighted by molar-refractivity contribution is -0.138. The van der Waals surface area contributed by atoms with Crippen LogP contribution >= 0.6 is 0 Å². The molecule has 0 bridgehead atoms. The van der Waals surface area contributed by atoms with E-state index in [0.717, 1.165) is 19.5 Å². The molecule has 2 unspecified atom stereocenters. The normalized spacial score (nSPS) is 21.2. The molecule has 1 aliphatic rings. The molecule has 1 fully saturated rings. The van der Waals surface area contributed by atoms with Gasteiger partial charge in [0.2, 0.25) is 0 Å². The van der Waals surface area contributed by atoms with Gasteiger partial charge in [0.25, 0.3) is 0 Å². The van der Waals surface area contributed by atoms with E-state index in [1.54, 1.807) is 0 Å². The fraction of sp³-hybridized carbons (Fsp3) is 0.611. The molecule has 1 saturated heterocycles. The van der Waals surface area contributed by atoms with Gasteiger partial charge in [-0.1, -0.05) is 30.7 Å². The molecule has 0 spiro atoms. The fourth-order valence-corrected chi connectivity index (χ4v) is 3.42. The van der Waals surface area contributed by atoms with Crippen molar-refractivity contribution in [3.8, 4) is 0 Å². The topological polar surface area (TPSA) is 40.5 Å². The molecule has 0 aliphatic carbocycles. The van der Waals surface area contributed by atoms with Crippen molar-refractivity contribution in [3.05, 3.63) is 34.9 Å². The number of rotatable bonds is 5. The van der Waals surface area contributed by atoms with Crippen molar-refractivity contribution in [2.75, 3.05) is 13.1 Å². The highest BCUT2D eigenvalue weighted by Gasteiger charge is 2.26. The average molecular weight is 289 g/mol. The monoisotopic (exact) mass is 289 g/mol. The molecule has 2 atom stereocenters. The first-order valence-electron chi connectivity index (χ1n) is 7.97. The molecule has 1 aromatic carbocycles. The van der Waals surface area contributed by atoms with E-state index >= 15 is 0 Å². The van der Waals surface area contributed by atoms with Gasteiger partial charge < -0.3 is 5.11 Å². The molecule has 3 heteroatoms. The van der Waals surface area contributed by atoms with Gasteiger partial charge in [0.1, 0.15) is 0 Å². The minimum absolute atomic E-state index is 0.117. The number of hydrogen-bond acceptors (Lipinski definition) is 2. The molecule has 1 heterocycles. The molecule has 0 amide bonds. The van der Waals surface area contributed by atoms with Gasteiger partial charge in [0, 0.05) is 12.6 Å². The van der Waals surface area contributed by atoms with Gasteiger partial charge in [-0.3, -0.25) is 9.69 Å². The zero-order valence-corrected chi connectivity index (χ0v) is 13.4. The number of carbonyl (C=O) groups is 1. The Bertz CT molecular complexity index is 498. The summed E-state index contributed by atoms with van der Waals surface area (Å²) in [5.74, 6) is -0.0165. The standard InChI is InChI=1S/C18H27NO2/c1-13-6-7-16(15(3)9-13)10-17(11-18(20)21)19-8-4-5-14(2)12-19/h6-7,9,14,17H,4-5,8,10-12H2,1-3H3,(H,20,21). The summed E-state index contributed by atoms with van der Waals surface area (Å²) in [6.45, 7) is 8.55. The third kappa shape index (κ3) is 4.57. The van der Waals surface area contributed by atoms with Crippen molar-refractivity contribution in [2.45, 2.75) is 52.5 Å². The van der Waals surface area contributed by atoms with E-state index in [1.807, 2.05) is 0 Å². The van der Waals surface area contributed by atoms with E-state index < -0.39 is 5.97 Å². The SMILES string of the molecule is Cc1ccc(CC(CC(=O)O)N2CCCC(C)C2)c(C)c1. The van der Waals surface area contributed by atoms with Crippen molar-refractivity contribution in [2.24, 2.45) is 5.92 Å². The van der Waals surface area contributed by atoms with Crippen LogP contribution in [0.2, 0.25) is 0 Å². The van der Waals surface area contributed by atoms with Gasteiger partial charge in [-0.15, -0.1) is 0 Å². The van der Waals surface area contributed by atoms with E-state index in [4.69, 9.17) is 0 Å². The Kier molecular flexibility index (Phi) is 5.40. The van der Waals surface area contributed by atoms with Gasteiger partial charge in [-0.25, -0.2) is 0 Å². The maximum Gasteiger partial charge on any atom is 0.304 e. The minimum Gasteiger partial charge on any atom is -0.481 e. The molecule has 1 N–H and O–H groups in total. The average Bonchev–Trinajstić information content (AvgIpc) is 2.40. The smallest absolute Gasteiger partial charge is 0.304 e. The summed E-state index contributed by atoms with van der Waals surface area (Å²) in [4.78, 5) is 13.6. The van der Waals surface area contributed by atoms with Crippen LogP contribution in [0.15, 0.2) is 18.2 Å². The van der Waals surface area contributed by atoms with Gasteiger partial charge in [0.05, 0.1) is 6.42 Å². The van der Waals surface area contributed by atoms with Crippen molar-refractivity contribution in [1.82, 2.24) is 4.90 Å². The van der Waals surface area contributed by atoms with Gasteiger partial charge in [-0.05, 0) is 56.7 Å². The Hall–Kier alpha value is -1.35. The second-order valence-corrected chi connectivity index (χ2v) is 6.63. The molecule has 2 rings (SSSR count). The largest absolute Gasteiger partial charge is 0.481 e. The second-order valence-electron chi connectivity index (χ2n) is 6.63. The van der Waals surface area contributed by atoms with Crippen LogP contribution < -0.4 is 0 Å². The quantitative estimate of drug-likeness (QED) is 0.903. The van der Waals surface area contributed by atoms with E-state index in [1.165, 1.54) is 29.5 Å². The van der Waals surface area contributed by atoms with Crippen molar-refractivity contribution in [1.29, 1.82) is 0 Å². The number of carboxylic acid groups (broad SMARTS) is 1. The highest BCUT2D eigenvalue weighted by atomic mass is 16.4. The van der Waals surface area contributed by atoms with Gasteiger partial charge >= 0.3 is 5.97 Å². The number of piperidine rings is 1. The van der Waals surface area contributed by atoms with Crippen LogP contribution in [-0.4, -0.2) is 35.1 Å². The first-order chi connectivity index (χ1) is 9.95. The Balaban J connectivity index is 2.13. The fourth-order valence-electron chi connectivity index (χ4n) is 3.42. The molecule has 0 aromatic heterocycles. The minimum atomic E-state index is -0.692. The summed E-state index contributed by atoms with van der Waals surface area (Å²) in [5, 5.41) is 9.25. The number of nitrogens with zero attached hydrogens (tertiary/aromatic N) is 1. The van der Waals surface area contributed by atoms with Crippen molar-refractivity contribution < 1.29 is 9.90 Å². The third-order valence-corrected chi connectivity index (χ3v) is 4.57. The van der Waals surface area contributed by atoms with Crippen LogP contribution in [0.4, 0.5) is 0 Å². The maximum absolute atomic E-state index is 11.2. The number of carboxylic acids is 1. The maximum atomic E-state index is 11.2. The molecular formula is C18H27NO2. The summed E-state index contributed by atoms with van der Waals surface area (Å²) in [5.41, 5.74) is 3.82. The van der Waals surface area contributed by atoms with Crippen LogP contribution in [0.5, 0.6) is 0 Å². The molecule has 1 aromatic rings. The lowest BCUT2D eigenvalue weighted by atomic mass is 9.93. The van der Waals surface area contributed by atoms with Gasteiger partial charge in [0.15, 0.2) is 0 Å². The first-order valence-corrected chi connectivity index (χ1v) is 7.97. The third-order valence-electron chi connectivity index (χ3n) is 4.57. The first kappa shape index (κ1) is 16.0. The van der Waals surface area contributed by atoms with Crippen LogP contribution in [0.25, 0.3) is 0 Å². The zero-order valence-electron chi connectivity index (χ0n) is 13.4. The predicted octanol–water partition coefficient (Wildman–Crippen LogP) is 3.42. The molecular weight excluding hydrogens is 262 g/mol. The second kappa shape index (κ2) is 7.08. The molecule has 1 aliphatic heterocycles. The summed E-state index contributed by atoms with van der Waals surface area (Å²) in [7, 11) is 0. The molecule has 21 heavy (non-hydrogen) atoms. The molecule has 116 valence electrons. The molecule has 3 nitrogen and oxygen atoms in total. The number of likely N-dealkylation sites (tertiary alicyclic amines) is 1. The number of hydrogen-bond donors (Lipinski definition) is 1. The number of aryl methyl sites for hydroxylation is 2. The summed E-state index contributed by atoms with van der Waals surface area (Å²) >= 11 is 0. The number of benzene rings is 1. The highest BCUT2D eigenvalue weighted by molar-refractivity contribution is 5.67. The van der Waals surface area contributed by atoms with Crippen LogP contribution in [-0.2, 0) is 11.2 Å². The number of aliphatic carboxylic acids is 1. The van der Waals surface area contributed by atoms with Crippen LogP contribution in [0.3, 0.4) is 0 Å². The Morgan fingerprint density at radius 1 is 1.43 bits per heavy atom. The van der Waals surface area contributed by atoms with E-state index in [2.05, 4.69) is 43.9 Å². The lowest BCUT2D eigenvalue weighted by Gasteiger charge is -2.37. The van der Waals surface area contributed by atoms with Crippen LogP contribution in [0, 0.1) is 19.8 Å². The lowest BCUT2D eigenvalue weighted by Crippen LogP contribution is -2.44. The highest BCUT2D eigenvalue weighted by Crippen LogP contribution is 2.23. The van der Waals surface area contributed by atoms with E-state index in [0.29, 0.717) is 5.92 Å². The van der Waals surface area contributed by atoms with Crippen LogP contribution in [0.1, 0.15) is 42.9 Å². The Morgan fingerprint density at radius 3 is 2.81 bits per heavy atom. The van der Waals surface area contributed by atoms with Crippen molar-refractivity contribution >= 4 is 5.97 Å². The summed E-state index contributed by atoms with van der Waals surface area (Å²) < 4.78 is 0. The molecule has 0 radical (unpaired) electrons.